The summed E-state index contributed by atoms with van der Waals surface area (Å²) in [7, 11) is 1.81. The summed E-state index contributed by atoms with van der Waals surface area (Å²) >= 11 is 1.45. The van der Waals surface area contributed by atoms with Gasteiger partial charge in [-0.05, 0) is 0 Å². The van der Waals surface area contributed by atoms with Crippen LogP contribution in [0.1, 0.15) is 0 Å². The number of nitrogens with one attached hydrogen (secondary N) is 1. The van der Waals surface area contributed by atoms with Gasteiger partial charge in [-0.25, -0.2) is 0 Å². The number of anilines is 1. The molecule has 0 spiro atoms. The number of rotatable bonds is 2. The Morgan fingerprint density at radius 3 is 2.85 bits per heavy atom. The maximum Gasteiger partial charge on any atom is 0.205 e. The van der Waals surface area contributed by atoms with Crippen LogP contribution in [0.4, 0.5) is 5.13 Å². The molecule has 2 aromatic rings. The normalized spacial score (nSPS) is 9.92. The first-order valence-corrected chi connectivity index (χ1v) is 4.49. The van der Waals surface area contributed by atoms with Gasteiger partial charge in [-0.15, -0.1) is 10.2 Å². The third-order valence-electron chi connectivity index (χ3n) is 1.42. The molecular formula is C7H7N5S. The molecule has 0 aliphatic rings. The summed E-state index contributed by atoms with van der Waals surface area (Å²) in [5, 5.41) is 12.3. The second-order valence-electron chi connectivity index (χ2n) is 2.25. The van der Waals surface area contributed by atoms with Crippen LogP contribution in [0.5, 0.6) is 0 Å². The maximum absolute atomic E-state index is 4.11. The quantitative estimate of drug-likeness (QED) is 0.772. The van der Waals surface area contributed by atoms with E-state index in [4.69, 9.17) is 0 Å². The van der Waals surface area contributed by atoms with E-state index in [-0.39, 0.29) is 0 Å². The Kier molecular flexibility index (Phi) is 2.13. The van der Waals surface area contributed by atoms with Gasteiger partial charge in [0.05, 0.1) is 6.20 Å². The van der Waals surface area contributed by atoms with E-state index in [0.29, 0.717) is 0 Å². The van der Waals surface area contributed by atoms with E-state index in [2.05, 4.69) is 25.5 Å². The SMILES string of the molecule is CNc1nnc(-c2cnccn2)s1. The van der Waals surface area contributed by atoms with Crippen molar-refractivity contribution in [1.82, 2.24) is 20.2 Å². The van der Waals surface area contributed by atoms with E-state index < -0.39 is 0 Å². The summed E-state index contributed by atoms with van der Waals surface area (Å²) in [6, 6.07) is 0. The lowest BCUT2D eigenvalue weighted by Gasteiger charge is -1.89. The molecule has 0 radical (unpaired) electrons. The summed E-state index contributed by atoms with van der Waals surface area (Å²) in [5.41, 5.74) is 0.751. The minimum Gasteiger partial charge on any atom is -0.363 e. The van der Waals surface area contributed by atoms with Crippen molar-refractivity contribution in [2.45, 2.75) is 0 Å². The van der Waals surface area contributed by atoms with E-state index in [9.17, 15) is 0 Å². The Morgan fingerprint density at radius 1 is 1.31 bits per heavy atom. The topological polar surface area (TPSA) is 63.6 Å². The molecule has 0 aliphatic heterocycles. The minimum absolute atomic E-state index is 0.751. The van der Waals surface area contributed by atoms with Gasteiger partial charge in [0.15, 0.2) is 5.01 Å². The molecule has 0 fully saturated rings. The Bertz CT molecular complexity index is 385. The molecule has 0 aromatic carbocycles. The van der Waals surface area contributed by atoms with Crippen molar-refractivity contribution in [2.24, 2.45) is 0 Å². The second-order valence-corrected chi connectivity index (χ2v) is 3.23. The van der Waals surface area contributed by atoms with Crippen molar-refractivity contribution in [3.63, 3.8) is 0 Å². The van der Waals surface area contributed by atoms with Crippen molar-refractivity contribution in [3.05, 3.63) is 18.6 Å². The van der Waals surface area contributed by atoms with Crippen LogP contribution in [-0.4, -0.2) is 27.2 Å². The summed E-state index contributed by atoms with van der Waals surface area (Å²) in [4.78, 5) is 8.07. The molecule has 2 heterocycles. The van der Waals surface area contributed by atoms with Gasteiger partial charge in [0.25, 0.3) is 0 Å². The van der Waals surface area contributed by atoms with E-state index in [0.717, 1.165) is 15.8 Å². The van der Waals surface area contributed by atoms with Gasteiger partial charge in [-0.3, -0.25) is 9.97 Å². The number of hydrogen-bond donors (Lipinski definition) is 1. The highest BCUT2D eigenvalue weighted by atomic mass is 32.1. The van der Waals surface area contributed by atoms with E-state index in [1.165, 1.54) is 11.3 Å². The summed E-state index contributed by atoms with van der Waals surface area (Å²) in [6.07, 6.45) is 4.93. The molecule has 6 heteroatoms. The molecular weight excluding hydrogens is 186 g/mol. The minimum atomic E-state index is 0.751. The van der Waals surface area contributed by atoms with E-state index >= 15 is 0 Å². The molecule has 2 aromatic heterocycles. The molecule has 0 aliphatic carbocycles. The zero-order valence-electron chi connectivity index (χ0n) is 6.93. The highest BCUT2D eigenvalue weighted by molar-refractivity contribution is 7.18. The molecule has 0 bridgehead atoms. The van der Waals surface area contributed by atoms with Crippen LogP contribution in [0.15, 0.2) is 18.6 Å². The first kappa shape index (κ1) is 8.06. The Labute approximate surface area is 78.9 Å². The predicted molar refractivity (Wildman–Crippen MR) is 50.5 cm³/mol. The van der Waals surface area contributed by atoms with Gasteiger partial charge < -0.3 is 5.32 Å². The predicted octanol–water partition coefficient (Wildman–Crippen LogP) is 1.04. The maximum atomic E-state index is 4.11. The first-order valence-electron chi connectivity index (χ1n) is 3.68. The summed E-state index contributed by atoms with van der Waals surface area (Å²) in [6.45, 7) is 0. The Morgan fingerprint density at radius 2 is 2.23 bits per heavy atom. The second kappa shape index (κ2) is 3.44. The van der Waals surface area contributed by atoms with Gasteiger partial charge in [0, 0.05) is 19.4 Å². The fourth-order valence-corrected chi connectivity index (χ4v) is 1.50. The first-order chi connectivity index (χ1) is 6.40. The molecule has 2 rings (SSSR count). The smallest absolute Gasteiger partial charge is 0.205 e. The van der Waals surface area contributed by atoms with Gasteiger partial charge in [0.2, 0.25) is 5.13 Å². The highest BCUT2D eigenvalue weighted by Crippen LogP contribution is 2.22. The van der Waals surface area contributed by atoms with Crippen LogP contribution in [-0.2, 0) is 0 Å². The van der Waals surface area contributed by atoms with Crippen LogP contribution in [0, 0.1) is 0 Å². The third kappa shape index (κ3) is 1.62. The summed E-state index contributed by atoms with van der Waals surface area (Å²) in [5.74, 6) is 0. The van der Waals surface area contributed by atoms with E-state index in [1.807, 2.05) is 0 Å². The van der Waals surface area contributed by atoms with Crippen molar-refractivity contribution >= 4 is 16.5 Å². The monoisotopic (exact) mass is 193 g/mol. The molecule has 0 amide bonds. The highest BCUT2D eigenvalue weighted by Gasteiger charge is 2.05. The van der Waals surface area contributed by atoms with Gasteiger partial charge >= 0.3 is 0 Å². The van der Waals surface area contributed by atoms with E-state index in [1.54, 1.807) is 25.6 Å². The number of nitrogens with zero attached hydrogens (tertiary/aromatic N) is 4. The Hall–Kier alpha value is -1.56. The van der Waals surface area contributed by atoms with Crippen LogP contribution in [0.25, 0.3) is 10.7 Å². The van der Waals surface area contributed by atoms with Crippen molar-refractivity contribution in [3.8, 4) is 10.7 Å². The number of aromatic nitrogens is 4. The van der Waals surface area contributed by atoms with Gasteiger partial charge in [-0.1, -0.05) is 11.3 Å². The molecule has 0 saturated heterocycles. The fraction of sp³-hybridized carbons (Fsp3) is 0.143. The zero-order valence-corrected chi connectivity index (χ0v) is 7.75. The van der Waals surface area contributed by atoms with Gasteiger partial charge in [-0.2, -0.15) is 0 Å². The Balaban J connectivity index is 2.36. The lowest BCUT2D eigenvalue weighted by Crippen LogP contribution is -1.84. The van der Waals surface area contributed by atoms with Crippen LogP contribution >= 0.6 is 11.3 Å². The van der Waals surface area contributed by atoms with Crippen LogP contribution in [0.2, 0.25) is 0 Å². The summed E-state index contributed by atoms with van der Waals surface area (Å²) < 4.78 is 0. The van der Waals surface area contributed by atoms with Gasteiger partial charge in [0.1, 0.15) is 5.69 Å². The average molecular weight is 193 g/mol. The molecule has 5 nitrogen and oxygen atoms in total. The average Bonchev–Trinajstić information content (AvgIpc) is 2.67. The lowest BCUT2D eigenvalue weighted by atomic mass is 10.5. The molecule has 66 valence electrons. The molecule has 0 saturated carbocycles. The molecule has 1 N–H and O–H groups in total. The third-order valence-corrected chi connectivity index (χ3v) is 2.38. The standard InChI is InChI=1S/C7H7N5S/c1-8-7-12-11-6(13-7)5-4-9-2-3-10-5/h2-4H,1H3,(H,8,12). The van der Waals surface area contributed by atoms with Crippen LogP contribution < -0.4 is 5.32 Å². The molecule has 13 heavy (non-hydrogen) atoms. The molecule has 0 atom stereocenters. The number of hydrogen-bond acceptors (Lipinski definition) is 6. The van der Waals surface area contributed by atoms with Crippen molar-refractivity contribution < 1.29 is 0 Å². The van der Waals surface area contributed by atoms with Crippen molar-refractivity contribution in [1.29, 1.82) is 0 Å². The fourth-order valence-electron chi connectivity index (χ4n) is 0.837. The van der Waals surface area contributed by atoms with Crippen molar-refractivity contribution in [2.75, 3.05) is 12.4 Å². The van der Waals surface area contributed by atoms with Crippen LogP contribution in [0.3, 0.4) is 0 Å². The largest absolute Gasteiger partial charge is 0.363 e. The lowest BCUT2D eigenvalue weighted by molar-refractivity contribution is 1.08. The zero-order chi connectivity index (χ0) is 9.10. The molecule has 0 unspecified atom stereocenters.